The van der Waals surface area contributed by atoms with Gasteiger partial charge in [0.15, 0.2) is 4.73 Å². The molecule has 0 aliphatic rings. The van der Waals surface area contributed by atoms with Crippen LogP contribution in [0.4, 0.5) is 0 Å². The van der Waals surface area contributed by atoms with Gasteiger partial charge in [-0.05, 0) is 22.0 Å². The maximum Gasteiger partial charge on any atom is 0.197 e. The number of hydrogen-bond acceptors (Lipinski definition) is 2. The highest BCUT2D eigenvalue weighted by atomic mass is 79.9. The Bertz CT molecular complexity index is 624. The molecule has 0 aliphatic heterocycles. The molecule has 0 spiro atoms. The Balaban J connectivity index is 2.12. The highest BCUT2D eigenvalue weighted by Crippen LogP contribution is 2.24. The van der Waals surface area contributed by atoms with Gasteiger partial charge < -0.3 is 0 Å². The average molecular weight is 311 g/mol. The Morgan fingerprint density at radius 2 is 1.05 bits per heavy atom. The molecule has 0 saturated carbocycles. The summed E-state index contributed by atoms with van der Waals surface area (Å²) in [5.41, 5.74) is 4.01. The molecule has 1 aromatic heterocycles. The summed E-state index contributed by atoms with van der Waals surface area (Å²) in [6.07, 6.45) is 0. The van der Waals surface area contributed by atoms with Crippen molar-refractivity contribution in [2.45, 2.75) is 0 Å². The fraction of sp³-hybridized carbons (Fsp3) is 0. The molecule has 3 heteroatoms. The van der Waals surface area contributed by atoms with Gasteiger partial charge in [0, 0.05) is 11.1 Å². The number of hydrogen-bond donors (Lipinski definition) is 0. The lowest BCUT2D eigenvalue weighted by atomic mass is 10.1. The Kier molecular flexibility index (Phi) is 3.38. The second-order valence-electron chi connectivity index (χ2n) is 4.14. The summed E-state index contributed by atoms with van der Waals surface area (Å²) >= 11 is 3.39. The maximum atomic E-state index is 4.44. The van der Waals surface area contributed by atoms with E-state index in [0.29, 0.717) is 4.73 Å². The number of rotatable bonds is 2. The van der Waals surface area contributed by atoms with E-state index in [2.05, 4.69) is 25.9 Å². The average Bonchev–Trinajstić information content (AvgIpc) is 2.48. The summed E-state index contributed by atoms with van der Waals surface area (Å²) in [4.78, 5) is 8.87. The maximum absolute atomic E-state index is 4.44. The molecule has 0 amide bonds. The van der Waals surface area contributed by atoms with E-state index >= 15 is 0 Å². The van der Waals surface area contributed by atoms with Gasteiger partial charge in [0.05, 0.1) is 11.4 Å². The smallest absolute Gasteiger partial charge is 0.197 e. The van der Waals surface area contributed by atoms with Gasteiger partial charge in [-0.1, -0.05) is 60.7 Å². The molecular formula is C16H11BrN2. The fourth-order valence-corrected chi connectivity index (χ4v) is 2.31. The monoisotopic (exact) mass is 310 g/mol. The summed E-state index contributed by atoms with van der Waals surface area (Å²) in [7, 11) is 0. The van der Waals surface area contributed by atoms with Gasteiger partial charge >= 0.3 is 0 Å². The zero-order valence-corrected chi connectivity index (χ0v) is 11.7. The number of aromatic nitrogens is 2. The number of halogens is 1. The predicted octanol–water partition coefficient (Wildman–Crippen LogP) is 4.57. The van der Waals surface area contributed by atoms with E-state index < -0.39 is 0 Å². The molecule has 2 nitrogen and oxygen atoms in total. The Labute approximate surface area is 120 Å². The Hall–Kier alpha value is -2.00. The molecule has 1 heterocycles. The molecule has 3 aromatic rings. The molecule has 0 aliphatic carbocycles. The zero-order chi connectivity index (χ0) is 13.1. The second kappa shape index (κ2) is 5.33. The molecule has 0 radical (unpaired) electrons. The van der Waals surface area contributed by atoms with Crippen LogP contribution in [0, 0.1) is 0 Å². The first-order valence-corrected chi connectivity index (χ1v) is 6.78. The molecular weight excluding hydrogens is 300 g/mol. The third-order valence-electron chi connectivity index (χ3n) is 2.84. The third-order valence-corrected chi connectivity index (χ3v) is 3.19. The first kappa shape index (κ1) is 12.1. The minimum atomic E-state index is 0.604. The lowest BCUT2D eigenvalue weighted by molar-refractivity contribution is 1.12. The van der Waals surface area contributed by atoms with Gasteiger partial charge in [0.1, 0.15) is 0 Å². The van der Waals surface area contributed by atoms with Crippen LogP contribution in [0.2, 0.25) is 0 Å². The van der Waals surface area contributed by atoms with Crippen molar-refractivity contribution in [3.05, 3.63) is 71.5 Å². The highest BCUT2D eigenvalue weighted by molar-refractivity contribution is 9.10. The molecule has 92 valence electrons. The topological polar surface area (TPSA) is 25.8 Å². The molecule has 2 aromatic carbocycles. The van der Waals surface area contributed by atoms with E-state index in [0.717, 1.165) is 22.5 Å². The van der Waals surface area contributed by atoms with E-state index in [-0.39, 0.29) is 0 Å². The first-order chi connectivity index (χ1) is 9.33. The van der Waals surface area contributed by atoms with Gasteiger partial charge in [-0.15, -0.1) is 0 Å². The minimum Gasteiger partial charge on any atom is -0.222 e. The van der Waals surface area contributed by atoms with Crippen LogP contribution in [0.3, 0.4) is 0 Å². The van der Waals surface area contributed by atoms with E-state index in [4.69, 9.17) is 0 Å². The molecule has 0 saturated heterocycles. The predicted molar refractivity (Wildman–Crippen MR) is 80.6 cm³/mol. The fourth-order valence-electron chi connectivity index (χ4n) is 1.93. The molecule has 0 atom stereocenters. The van der Waals surface area contributed by atoms with Crippen LogP contribution in [0.15, 0.2) is 71.5 Å². The summed E-state index contributed by atoms with van der Waals surface area (Å²) in [5, 5.41) is 0. The van der Waals surface area contributed by atoms with Crippen LogP contribution < -0.4 is 0 Å². The summed E-state index contributed by atoms with van der Waals surface area (Å²) in [5.74, 6) is 0. The van der Waals surface area contributed by atoms with Crippen molar-refractivity contribution in [1.29, 1.82) is 0 Å². The molecule has 0 fully saturated rings. The molecule has 0 bridgehead atoms. The zero-order valence-electron chi connectivity index (χ0n) is 10.1. The van der Waals surface area contributed by atoms with E-state index in [9.17, 15) is 0 Å². The Morgan fingerprint density at radius 3 is 1.47 bits per heavy atom. The van der Waals surface area contributed by atoms with Crippen molar-refractivity contribution < 1.29 is 0 Å². The highest BCUT2D eigenvalue weighted by Gasteiger charge is 2.06. The molecule has 0 unspecified atom stereocenters. The van der Waals surface area contributed by atoms with E-state index in [1.54, 1.807) is 0 Å². The van der Waals surface area contributed by atoms with Crippen molar-refractivity contribution >= 4 is 15.9 Å². The summed E-state index contributed by atoms with van der Waals surface area (Å²) in [6, 6.07) is 22.2. The van der Waals surface area contributed by atoms with Crippen LogP contribution in [0.1, 0.15) is 0 Å². The number of nitrogens with zero attached hydrogens (tertiary/aromatic N) is 2. The normalized spacial score (nSPS) is 10.4. The van der Waals surface area contributed by atoms with Gasteiger partial charge in [0.2, 0.25) is 0 Å². The van der Waals surface area contributed by atoms with Crippen LogP contribution in [-0.4, -0.2) is 9.97 Å². The largest absolute Gasteiger partial charge is 0.222 e. The lowest BCUT2D eigenvalue weighted by Gasteiger charge is -2.05. The van der Waals surface area contributed by atoms with Crippen molar-refractivity contribution in [3.8, 4) is 22.5 Å². The van der Waals surface area contributed by atoms with Gasteiger partial charge in [0.25, 0.3) is 0 Å². The third kappa shape index (κ3) is 2.71. The summed E-state index contributed by atoms with van der Waals surface area (Å²) < 4.78 is 0.604. The number of benzene rings is 2. The Morgan fingerprint density at radius 1 is 0.632 bits per heavy atom. The standard InChI is InChI=1S/C16H11BrN2/c17-16-18-14(12-7-3-1-4-8-12)11-15(19-16)13-9-5-2-6-10-13/h1-11H. The van der Waals surface area contributed by atoms with Crippen LogP contribution in [0.5, 0.6) is 0 Å². The molecule has 19 heavy (non-hydrogen) atoms. The lowest BCUT2D eigenvalue weighted by Crippen LogP contribution is -1.91. The SMILES string of the molecule is Brc1nc(-c2ccccc2)cc(-c2ccccc2)n1. The van der Waals surface area contributed by atoms with Crippen molar-refractivity contribution in [1.82, 2.24) is 9.97 Å². The second-order valence-corrected chi connectivity index (χ2v) is 4.85. The van der Waals surface area contributed by atoms with E-state index in [1.165, 1.54) is 0 Å². The molecule has 3 rings (SSSR count). The van der Waals surface area contributed by atoms with Gasteiger partial charge in [-0.25, -0.2) is 9.97 Å². The van der Waals surface area contributed by atoms with Crippen LogP contribution in [-0.2, 0) is 0 Å². The van der Waals surface area contributed by atoms with Gasteiger partial charge in [-0.3, -0.25) is 0 Å². The van der Waals surface area contributed by atoms with Crippen molar-refractivity contribution in [3.63, 3.8) is 0 Å². The molecule has 0 N–H and O–H groups in total. The van der Waals surface area contributed by atoms with Crippen LogP contribution in [0.25, 0.3) is 22.5 Å². The quantitative estimate of drug-likeness (QED) is 0.648. The first-order valence-electron chi connectivity index (χ1n) is 5.98. The van der Waals surface area contributed by atoms with Gasteiger partial charge in [-0.2, -0.15) is 0 Å². The van der Waals surface area contributed by atoms with E-state index in [1.807, 2.05) is 66.7 Å². The van der Waals surface area contributed by atoms with Crippen LogP contribution >= 0.6 is 15.9 Å². The van der Waals surface area contributed by atoms with Crippen molar-refractivity contribution in [2.75, 3.05) is 0 Å². The summed E-state index contributed by atoms with van der Waals surface area (Å²) in [6.45, 7) is 0. The van der Waals surface area contributed by atoms with Crippen molar-refractivity contribution in [2.24, 2.45) is 0 Å². The minimum absolute atomic E-state index is 0.604.